The zero-order chi connectivity index (χ0) is 9.26. The molecule has 0 aliphatic heterocycles. The van der Waals surface area contributed by atoms with E-state index in [4.69, 9.17) is 5.73 Å². The highest BCUT2D eigenvalue weighted by Crippen LogP contribution is 2.36. The topological polar surface area (TPSA) is 26.0 Å². The van der Waals surface area contributed by atoms with E-state index < -0.39 is 0 Å². The van der Waals surface area contributed by atoms with Crippen molar-refractivity contribution in [3.63, 3.8) is 0 Å². The Morgan fingerprint density at radius 1 is 1.38 bits per heavy atom. The van der Waals surface area contributed by atoms with Gasteiger partial charge in [-0.25, -0.2) is 0 Å². The largest absolute Gasteiger partial charge is 0.324 e. The van der Waals surface area contributed by atoms with E-state index in [-0.39, 0.29) is 6.04 Å². The molecule has 0 spiro atoms. The van der Waals surface area contributed by atoms with Crippen LogP contribution in [0.15, 0.2) is 28.7 Å². The Hall–Kier alpha value is -0.340. The lowest BCUT2D eigenvalue weighted by atomic mass is 9.78. The van der Waals surface area contributed by atoms with Gasteiger partial charge < -0.3 is 5.73 Å². The molecule has 1 aliphatic carbocycles. The Kier molecular flexibility index (Phi) is 2.70. The molecule has 0 radical (unpaired) electrons. The van der Waals surface area contributed by atoms with Gasteiger partial charge in [0.25, 0.3) is 0 Å². The van der Waals surface area contributed by atoms with Gasteiger partial charge in [0.2, 0.25) is 0 Å². The van der Waals surface area contributed by atoms with Gasteiger partial charge in [-0.1, -0.05) is 34.5 Å². The average molecular weight is 240 g/mol. The van der Waals surface area contributed by atoms with Crippen LogP contribution >= 0.6 is 15.9 Å². The van der Waals surface area contributed by atoms with Crippen molar-refractivity contribution in [2.45, 2.75) is 25.3 Å². The fourth-order valence-corrected chi connectivity index (χ4v) is 2.20. The van der Waals surface area contributed by atoms with Crippen LogP contribution in [-0.2, 0) is 0 Å². The lowest BCUT2D eigenvalue weighted by Crippen LogP contribution is -2.26. The summed E-state index contributed by atoms with van der Waals surface area (Å²) >= 11 is 3.46. The fraction of sp³-hybridized carbons (Fsp3) is 0.455. The summed E-state index contributed by atoms with van der Waals surface area (Å²) in [5.41, 5.74) is 7.41. The van der Waals surface area contributed by atoms with Gasteiger partial charge in [0.15, 0.2) is 0 Å². The number of hydrogen-bond donors (Lipinski definition) is 1. The molecule has 13 heavy (non-hydrogen) atoms. The zero-order valence-corrected chi connectivity index (χ0v) is 9.13. The predicted octanol–water partition coefficient (Wildman–Crippen LogP) is 3.25. The summed E-state index contributed by atoms with van der Waals surface area (Å²) < 4.78 is 1.12. The van der Waals surface area contributed by atoms with Crippen LogP contribution < -0.4 is 5.73 Å². The second-order valence-electron chi connectivity index (χ2n) is 3.77. The maximum Gasteiger partial charge on any atom is 0.0323 e. The molecule has 0 bridgehead atoms. The Bertz CT molecular complexity index is 294. The SMILES string of the molecule is NC(c1cccc(Br)c1)C1CCC1. The first-order valence-corrected chi connectivity index (χ1v) is 5.58. The lowest BCUT2D eigenvalue weighted by molar-refractivity contribution is 0.264. The van der Waals surface area contributed by atoms with Crippen molar-refractivity contribution in [2.75, 3.05) is 0 Å². The van der Waals surface area contributed by atoms with E-state index >= 15 is 0 Å². The number of benzene rings is 1. The third kappa shape index (κ3) is 1.94. The molecular weight excluding hydrogens is 226 g/mol. The molecule has 1 atom stereocenters. The molecule has 2 N–H and O–H groups in total. The van der Waals surface area contributed by atoms with Gasteiger partial charge in [-0.05, 0) is 36.5 Å². The average Bonchev–Trinajstić information content (AvgIpc) is 2.01. The van der Waals surface area contributed by atoms with Gasteiger partial charge >= 0.3 is 0 Å². The third-order valence-electron chi connectivity index (χ3n) is 2.89. The minimum atomic E-state index is 0.242. The first-order valence-electron chi connectivity index (χ1n) is 4.78. The standard InChI is InChI=1S/C11H14BrN/c12-10-6-2-5-9(7-10)11(13)8-3-1-4-8/h2,5-8,11H,1,3-4,13H2. The van der Waals surface area contributed by atoms with Crippen LogP contribution in [0, 0.1) is 5.92 Å². The predicted molar refractivity (Wildman–Crippen MR) is 58.4 cm³/mol. The molecule has 1 aliphatic rings. The second kappa shape index (κ2) is 3.81. The van der Waals surface area contributed by atoms with Crippen molar-refractivity contribution in [3.8, 4) is 0 Å². The van der Waals surface area contributed by atoms with Crippen LogP contribution in [0.25, 0.3) is 0 Å². The molecule has 0 heterocycles. The van der Waals surface area contributed by atoms with Crippen LogP contribution in [0.4, 0.5) is 0 Å². The molecular formula is C11H14BrN. The number of hydrogen-bond acceptors (Lipinski definition) is 1. The summed E-state index contributed by atoms with van der Waals surface area (Å²) in [7, 11) is 0. The van der Waals surface area contributed by atoms with Crippen LogP contribution in [-0.4, -0.2) is 0 Å². The van der Waals surface area contributed by atoms with Crippen molar-refractivity contribution in [3.05, 3.63) is 34.3 Å². The number of nitrogens with two attached hydrogens (primary N) is 1. The summed E-state index contributed by atoms with van der Waals surface area (Å²) in [6.45, 7) is 0. The van der Waals surface area contributed by atoms with Crippen molar-refractivity contribution in [2.24, 2.45) is 11.7 Å². The highest BCUT2D eigenvalue weighted by Gasteiger charge is 2.25. The van der Waals surface area contributed by atoms with E-state index in [9.17, 15) is 0 Å². The Labute approximate surface area is 87.5 Å². The Morgan fingerprint density at radius 3 is 2.69 bits per heavy atom. The van der Waals surface area contributed by atoms with E-state index in [0.29, 0.717) is 5.92 Å². The van der Waals surface area contributed by atoms with Gasteiger partial charge in [0.1, 0.15) is 0 Å². The third-order valence-corrected chi connectivity index (χ3v) is 3.38. The minimum absolute atomic E-state index is 0.242. The van der Waals surface area contributed by atoms with Gasteiger partial charge in [0, 0.05) is 10.5 Å². The quantitative estimate of drug-likeness (QED) is 0.843. The fourth-order valence-electron chi connectivity index (χ4n) is 1.79. The molecule has 1 nitrogen and oxygen atoms in total. The van der Waals surface area contributed by atoms with Gasteiger partial charge in [0.05, 0.1) is 0 Å². The van der Waals surface area contributed by atoms with E-state index in [1.54, 1.807) is 0 Å². The molecule has 1 unspecified atom stereocenters. The lowest BCUT2D eigenvalue weighted by Gasteiger charge is -2.31. The van der Waals surface area contributed by atoms with Crippen molar-refractivity contribution < 1.29 is 0 Å². The van der Waals surface area contributed by atoms with Crippen molar-refractivity contribution in [1.29, 1.82) is 0 Å². The first kappa shape index (κ1) is 9.22. The van der Waals surface area contributed by atoms with E-state index in [0.717, 1.165) is 4.47 Å². The summed E-state index contributed by atoms with van der Waals surface area (Å²) in [4.78, 5) is 0. The van der Waals surface area contributed by atoms with Crippen LogP contribution in [0.5, 0.6) is 0 Å². The summed E-state index contributed by atoms with van der Waals surface area (Å²) in [6.07, 6.45) is 3.95. The van der Waals surface area contributed by atoms with Crippen LogP contribution in [0.1, 0.15) is 30.9 Å². The summed E-state index contributed by atoms with van der Waals surface area (Å²) in [5.74, 6) is 0.717. The molecule has 2 rings (SSSR count). The molecule has 0 amide bonds. The minimum Gasteiger partial charge on any atom is -0.324 e. The molecule has 0 aromatic heterocycles. The van der Waals surface area contributed by atoms with Gasteiger partial charge in [-0.3, -0.25) is 0 Å². The maximum atomic E-state index is 6.15. The first-order chi connectivity index (χ1) is 6.27. The molecule has 1 aromatic carbocycles. The maximum absolute atomic E-state index is 6.15. The highest BCUT2D eigenvalue weighted by atomic mass is 79.9. The van der Waals surface area contributed by atoms with E-state index in [2.05, 4.69) is 34.1 Å². The smallest absolute Gasteiger partial charge is 0.0323 e. The molecule has 1 fully saturated rings. The van der Waals surface area contributed by atoms with Gasteiger partial charge in [-0.15, -0.1) is 0 Å². The second-order valence-corrected chi connectivity index (χ2v) is 4.69. The van der Waals surface area contributed by atoms with Crippen LogP contribution in [0.3, 0.4) is 0 Å². The van der Waals surface area contributed by atoms with Gasteiger partial charge in [-0.2, -0.15) is 0 Å². The highest BCUT2D eigenvalue weighted by molar-refractivity contribution is 9.10. The molecule has 70 valence electrons. The number of rotatable bonds is 2. The summed E-state index contributed by atoms with van der Waals surface area (Å²) in [6, 6.07) is 8.58. The van der Waals surface area contributed by atoms with E-state index in [1.807, 2.05) is 6.07 Å². The molecule has 1 saturated carbocycles. The zero-order valence-electron chi connectivity index (χ0n) is 7.54. The molecule has 0 saturated heterocycles. The van der Waals surface area contributed by atoms with Crippen LogP contribution in [0.2, 0.25) is 0 Å². The monoisotopic (exact) mass is 239 g/mol. The van der Waals surface area contributed by atoms with E-state index in [1.165, 1.54) is 24.8 Å². The number of halogens is 1. The molecule has 2 heteroatoms. The normalized spacial score (nSPS) is 19.5. The molecule has 1 aromatic rings. The summed E-state index contributed by atoms with van der Waals surface area (Å²) in [5, 5.41) is 0. The van der Waals surface area contributed by atoms with Crippen molar-refractivity contribution in [1.82, 2.24) is 0 Å². The Balaban J connectivity index is 2.14. The van der Waals surface area contributed by atoms with Crippen molar-refractivity contribution >= 4 is 15.9 Å². The Morgan fingerprint density at radius 2 is 2.15 bits per heavy atom.